The first-order chi connectivity index (χ1) is 13.0. The van der Waals surface area contributed by atoms with Crippen LogP contribution < -0.4 is 0 Å². The third kappa shape index (κ3) is 3.26. The standard InChI is InChI=1S/C18H11F3N6/c1-9-12(4-11(20)7-22-9)13-5-16(24-8-14(13)21)18-25-17(26-27-18)15-3-2-10(19)6-23-15/h2-8H,1H3,(H,25,26,27). The van der Waals surface area contributed by atoms with Crippen LogP contribution in [0, 0.1) is 24.4 Å². The lowest BCUT2D eigenvalue weighted by Crippen LogP contribution is -1.96. The Labute approximate surface area is 151 Å². The zero-order valence-corrected chi connectivity index (χ0v) is 13.9. The van der Waals surface area contributed by atoms with Crippen LogP contribution in [-0.4, -0.2) is 30.1 Å². The van der Waals surface area contributed by atoms with Gasteiger partial charge in [0.05, 0.1) is 18.6 Å². The first-order valence-corrected chi connectivity index (χ1v) is 7.84. The van der Waals surface area contributed by atoms with Crippen molar-refractivity contribution >= 4 is 0 Å². The molecule has 0 radical (unpaired) electrons. The predicted molar refractivity (Wildman–Crippen MR) is 90.7 cm³/mol. The summed E-state index contributed by atoms with van der Waals surface area (Å²) in [6.07, 6.45) is 3.14. The first kappa shape index (κ1) is 16.8. The van der Waals surface area contributed by atoms with Crippen LogP contribution >= 0.6 is 0 Å². The SMILES string of the molecule is Cc1ncc(F)cc1-c1cc(-c2n[nH]c(-c3ccc(F)cn3)n2)ncc1F. The molecule has 6 nitrogen and oxygen atoms in total. The first-order valence-electron chi connectivity index (χ1n) is 7.84. The Kier molecular flexibility index (Phi) is 4.11. The van der Waals surface area contributed by atoms with Gasteiger partial charge in [-0.3, -0.25) is 10.1 Å². The number of hydrogen-bond acceptors (Lipinski definition) is 5. The van der Waals surface area contributed by atoms with E-state index in [4.69, 9.17) is 0 Å². The van der Waals surface area contributed by atoms with Crippen molar-refractivity contribution in [2.75, 3.05) is 0 Å². The van der Waals surface area contributed by atoms with Gasteiger partial charge in [-0.2, -0.15) is 5.10 Å². The quantitative estimate of drug-likeness (QED) is 0.596. The van der Waals surface area contributed by atoms with Crippen molar-refractivity contribution in [2.24, 2.45) is 0 Å². The molecule has 0 spiro atoms. The molecular weight excluding hydrogens is 357 g/mol. The van der Waals surface area contributed by atoms with E-state index in [0.29, 0.717) is 22.8 Å². The van der Waals surface area contributed by atoms with Crippen LogP contribution in [0.5, 0.6) is 0 Å². The fourth-order valence-corrected chi connectivity index (χ4v) is 2.55. The minimum absolute atomic E-state index is 0.135. The zero-order chi connectivity index (χ0) is 19.0. The summed E-state index contributed by atoms with van der Waals surface area (Å²) in [7, 11) is 0. The molecule has 4 aromatic rings. The van der Waals surface area contributed by atoms with Crippen LogP contribution in [0.25, 0.3) is 34.2 Å². The van der Waals surface area contributed by atoms with Gasteiger partial charge < -0.3 is 0 Å². The second-order valence-corrected chi connectivity index (χ2v) is 5.71. The summed E-state index contributed by atoms with van der Waals surface area (Å²) in [6, 6.07) is 5.32. The molecule has 1 N–H and O–H groups in total. The van der Waals surface area contributed by atoms with Crippen LogP contribution in [0.2, 0.25) is 0 Å². The molecule has 134 valence electrons. The average molecular weight is 368 g/mol. The summed E-state index contributed by atoms with van der Waals surface area (Å²) in [5.74, 6) is -1.16. The average Bonchev–Trinajstić information content (AvgIpc) is 3.15. The maximum Gasteiger partial charge on any atom is 0.200 e. The molecule has 0 amide bonds. The van der Waals surface area contributed by atoms with E-state index in [-0.39, 0.29) is 17.1 Å². The smallest absolute Gasteiger partial charge is 0.200 e. The molecule has 4 rings (SSSR count). The van der Waals surface area contributed by atoms with Gasteiger partial charge in [0.15, 0.2) is 11.6 Å². The number of H-pyrrole nitrogens is 1. The van der Waals surface area contributed by atoms with Gasteiger partial charge in [0.1, 0.15) is 28.8 Å². The zero-order valence-electron chi connectivity index (χ0n) is 13.9. The van der Waals surface area contributed by atoms with Crippen molar-refractivity contribution in [1.29, 1.82) is 0 Å². The molecule has 4 aromatic heterocycles. The Bertz CT molecular complexity index is 1120. The topological polar surface area (TPSA) is 80.2 Å². The van der Waals surface area contributed by atoms with Crippen LogP contribution in [0.1, 0.15) is 5.69 Å². The number of nitrogens with zero attached hydrogens (tertiary/aromatic N) is 5. The van der Waals surface area contributed by atoms with Gasteiger partial charge in [0, 0.05) is 16.8 Å². The third-order valence-corrected chi connectivity index (χ3v) is 3.88. The largest absolute Gasteiger partial charge is 0.258 e. The Hall–Kier alpha value is -3.62. The van der Waals surface area contributed by atoms with E-state index in [1.807, 2.05) is 0 Å². The van der Waals surface area contributed by atoms with Crippen molar-refractivity contribution in [3.63, 3.8) is 0 Å². The molecule has 0 bridgehead atoms. The van der Waals surface area contributed by atoms with Gasteiger partial charge in [-0.1, -0.05) is 0 Å². The summed E-state index contributed by atoms with van der Waals surface area (Å²) in [5.41, 5.74) is 1.59. The Morgan fingerprint density at radius 1 is 0.815 bits per heavy atom. The van der Waals surface area contributed by atoms with Crippen LogP contribution in [-0.2, 0) is 0 Å². The highest BCUT2D eigenvalue weighted by molar-refractivity contribution is 5.70. The summed E-state index contributed by atoms with van der Waals surface area (Å²) in [5, 5.41) is 6.73. The van der Waals surface area contributed by atoms with Crippen molar-refractivity contribution in [3.8, 4) is 34.2 Å². The minimum atomic E-state index is -0.620. The second kappa shape index (κ2) is 6.60. The van der Waals surface area contributed by atoms with E-state index >= 15 is 0 Å². The molecule has 0 unspecified atom stereocenters. The number of rotatable bonds is 3. The van der Waals surface area contributed by atoms with Crippen molar-refractivity contribution in [2.45, 2.75) is 6.92 Å². The van der Waals surface area contributed by atoms with Gasteiger partial charge in [-0.25, -0.2) is 28.1 Å². The highest BCUT2D eigenvalue weighted by Crippen LogP contribution is 2.28. The summed E-state index contributed by atoms with van der Waals surface area (Å²) in [6.45, 7) is 1.65. The highest BCUT2D eigenvalue weighted by Gasteiger charge is 2.16. The number of aromatic amines is 1. The van der Waals surface area contributed by atoms with Crippen LogP contribution in [0.3, 0.4) is 0 Å². The molecular formula is C18H11F3N6. The van der Waals surface area contributed by atoms with Gasteiger partial charge in [-0.15, -0.1) is 0 Å². The molecule has 0 saturated heterocycles. The lowest BCUT2D eigenvalue weighted by molar-refractivity contribution is 0.616. The van der Waals surface area contributed by atoms with E-state index in [9.17, 15) is 13.2 Å². The fourth-order valence-electron chi connectivity index (χ4n) is 2.55. The van der Waals surface area contributed by atoms with Gasteiger partial charge in [0.25, 0.3) is 0 Å². The third-order valence-electron chi connectivity index (χ3n) is 3.88. The molecule has 0 aromatic carbocycles. The summed E-state index contributed by atoms with van der Waals surface area (Å²) in [4.78, 5) is 16.1. The van der Waals surface area contributed by atoms with E-state index in [1.54, 1.807) is 6.92 Å². The van der Waals surface area contributed by atoms with Crippen molar-refractivity contribution in [1.82, 2.24) is 30.1 Å². The van der Waals surface area contributed by atoms with Gasteiger partial charge in [-0.05, 0) is 31.2 Å². The number of nitrogens with one attached hydrogen (secondary N) is 1. The monoisotopic (exact) mass is 368 g/mol. The number of halogens is 3. The van der Waals surface area contributed by atoms with E-state index in [1.165, 1.54) is 24.3 Å². The van der Waals surface area contributed by atoms with E-state index < -0.39 is 17.5 Å². The van der Waals surface area contributed by atoms with Gasteiger partial charge >= 0.3 is 0 Å². The van der Waals surface area contributed by atoms with Crippen molar-refractivity contribution in [3.05, 3.63) is 66.0 Å². The number of pyridine rings is 3. The highest BCUT2D eigenvalue weighted by atomic mass is 19.1. The summed E-state index contributed by atoms with van der Waals surface area (Å²) >= 11 is 0. The van der Waals surface area contributed by atoms with E-state index in [2.05, 4.69) is 30.1 Å². The molecule has 9 heteroatoms. The number of aromatic nitrogens is 6. The molecule has 0 fully saturated rings. The normalized spacial score (nSPS) is 11.0. The molecule has 0 aliphatic heterocycles. The molecule has 27 heavy (non-hydrogen) atoms. The predicted octanol–water partition coefficient (Wildman–Crippen LogP) is 3.72. The Balaban J connectivity index is 1.75. The maximum atomic E-state index is 14.3. The van der Waals surface area contributed by atoms with Crippen LogP contribution in [0.15, 0.2) is 42.9 Å². The molecule has 0 aliphatic rings. The fraction of sp³-hybridized carbons (Fsp3) is 0.0556. The number of aryl methyl sites for hydroxylation is 1. The molecule has 0 saturated carbocycles. The lowest BCUT2D eigenvalue weighted by atomic mass is 10.0. The van der Waals surface area contributed by atoms with E-state index in [0.717, 1.165) is 18.6 Å². The van der Waals surface area contributed by atoms with Crippen LogP contribution in [0.4, 0.5) is 13.2 Å². The Morgan fingerprint density at radius 3 is 2.37 bits per heavy atom. The molecule has 0 atom stereocenters. The summed E-state index contributed by atoms with van der Waals surface area (Å²) < 4.78 is 40.8. The molecule has 4 heterocycles. The Morgan fingerprint density at radius 2 is 1.59 bits per heavy atom. The minimum Gasteiger partial charge on any atom is -0.258 e. The molecule has 0 aliphatic carbocycles. The second-order valence-electron chi connectivity index (χ2n) is 5.71. The van der Waals surface area contributed by atoms with Crippen molar-refractivity contribution < 1.29 is 13.2 Å². The number of hydrogen-bond donors (Lipinski definition) is 1. The maximum absolute atomic E-state index is 14.3. The lowest BCUT2D eigenvalue weighted by Gasteiger charge is -2.07. The van der Waals surface area contributed by atoms with Gasteiger partial charge in [0.2, 0.25) is 0 Å².